The molecule has 0 aliphatic carbocycles. The molecule has 0 spiro atoms. The predicted molar refractivity (Wildman–Crippen MR) is 63.9 cm³/mol. The molecular weight excluding hydrogens is 217 g/mol. The molecular formula is C13H14FN3. The van der Waals surface area contributed by atoms with E-state index in [4.69, 9.17) is 5.73 Å². The van der Waals surface area contributed by atoms with Crippen LogP contribution in [0.4, 0.5) is 4.39 Å². The van der Waals surface area contributed by atoms with Gasteiger partial charge in [0, 0.05) is 23.8 Å². The molecule has 2 heterocycles. The topological polar surface area (TPSA) is 43.8 Å². The number of imidazole rings is 1. The van der Waals surface area contributed by atoms with E-state index in [9.17, 15) is 4.39 Å². The lowest BCUT2D eigenvalue weighted by molar-refractivity contribution is 0.461. The van der Waals surface area contributed by atoms with Crippen molar-refractivity contribution in [1.82, 2.24) is 9.55 Å². The Morgan fingerprint density at radius 2 is 2.18 bits per heavy atom. The van der Waals surface area contributed by atoms with Gasteiger partial charge in [0.1, 0.15) is 5.82 Å². The smallest absolute Gasteiger partial charge is 0.132 e. The summed E-state index contributed by atoms with van der Waals surface area (Å²) in [4.78, 5) is 4.33. The molecule has 0 fully saturated rings. The van der Waals surface area contributed by atoms with Crippen LogP contribution in [0.3, 0.4) is 0 Å². The molecule has 1 aliphatic rings. The molecule has 0 amide bonds. The second-order valence-electron chi connectivity index (χ2n) is 4.47. The zero-order valence-electron chi connectivity index (χ0n) is 9.44. The van der Waals surface area contributed by atoms with E-state index < -0.39 is 0 Å². The van der Waals surface area contributed by atoms with Crippen LogP contribution in [-0.4, -0.2) is 15.6 Å². The first-order valence-electron chi connectivity index (χ1n) is 5.80. The minimum atomic E-state index is -0.219. The Hall–Kier alpha value is -1.68. The molecule has 1 unspecified atom stereocenters. The fraction of sp³-hybridized carbons (Fsp3) is 0.308. The quantitative estimate of drug-likeness (QED) is 0.815. The molecule has 1 aromatic heterocycles. The molecule has 3 rings (SSSR count). The fourth-order valence-corrected chi connectivity index (χ4v) is 2.37. The van der Waals surface area contributed by atoms with Gasteiger partial charge >= 0.3 is 0 Å². The zero-order chi connectivity index (χ0) is 11.8. The number of nitrogens with zero attached hydrogens (tertiary/aromatic N) is 2. The molecule has 1 aliphatic heterocycles. The van der Waals surface area contributed by atoms with E-state index in [1.807, 2.05) is 10.6 Å². The molecule has 2 aromatic rings. The van der Waals surface area contributed by atoms with Crippen molar-refractivity contribution in [2.75, 3.05) is 0 Å². The summed E-state index contributed by atoms with van der Waals surface area (Å²) in [5.41, 5.74) is 8.34. The zero-order valence-corrected chi connectivity index (χ0v) is 9.44. The highest BCUT2D eigenvalue weighted by atomic mass is 19.1. The summed E-state index contributed by atoms with van der Waals surface area (Å²) in [5.74, 6) is -0.219. The lowest BCUT2D eigenvalue weighted by Crippen LogP contribution is -2.31. The monoisotopic (exact) mass is 231 g/mol. The number of fused-ring (bicyclic) bond motifs is 1. The number of halogens is 1. The van der Waals surface area contributed by atoms with E-state index in [1.165, 1.54) is 6.07 Å². The molecule has 88 valence electrons. The third-order valence-electron chi connectivity index (χ3n) is 3.26. The number of aromatic nitrogens is 2. The van der Waals surface area contributed by atoms with E-state index in [-0.39, 0.29) is 11.9 Å². The van der Waals surface area contributed by atoms with Gasteiger partial charge in [-0.3, -0.25) is 0 Å². The standard InChI is InChI=1S/C13H14FN3/c14-11-4-2-1-3-10(11)13-12-6-5-9(15)7-17(12)8-16-13/h1-4,8-9H,5-7,15H2. The summed E-state index contributed by atoms with van der Waals surface area (Å²) in [5, 5.41) is 0. The molecule has 2 N–H and O–H groups in total. The van der Waals surface area contributed by atoms with Crippen LogP contribution in [0.5, 0.6) is 0 Å². The van der Waals surface area contributed by atoms with Crippen LogP contribution in [0.25, 0.3) is 11.3 Å². The first kappa shape index (κ1) is 10.5. The molecule has 1 aromatic carbocycles. The maximum absolute atomic E-state index is 13.7. The highest BCUT2D eigenvalue weighted by molar-refractivity contribution is 5.62. The largest absolute Gasteiger partial charge is 0.332 e. The van der Waals surface area contributed by atoms with Crippen LogP contribution in [-0.2, 0) is 13.0 Å². The fourth-order valence-electron chi connectivity index (χ4n) is 2.37. The summed E-state index contributed by atoms with van der Waals surface area (Å²) in [6.07, 6.45) is 3.56. The third-order valence-corrected chi connectivity index (χ3v) is 3.26. The average molecular weight is 231 g/mol. The van der Waals surface area contributed by atoms with Crippen LogP contribution in [0.1, 0.15) is 12.1 Å². The summed E-state index contributed by atoms with van der Waals surface area (Å²) >= 11 is 0. The van der Waals surface area contributed by atoms with Gasteiger partial charge in [-0.2, -0.15) is 0 Å². The van der Waals surface area contributed by atoms with Gasteiger partial charge in [0.05, 0.1) is 12.0 Å². The first-order chi connectivity index (χ1) is 8.25. The Morgan fingerprint density at radius 3 is 3.00 bits per heavy atom. The summed E-state index contributed by atoms with van der Waals surface area (Å²) in [6.45, 7) is 0.775. The highest BCUT2D eigenvalue weighted by Gasteiger charge is 2.21. The second-order valence-corrected chi connectivity index (χ2v) is 4.47. The summed E-state index contributed by atoms with van der Waals surface area (Å²) in [6, 6.07) is 6.95. The van der Waals surface area contributed by atoms with Crippen LogP contribution >= 0.6 is 0 Å². The molecule has 0 saturated carbocycles. The normalized spacial score (nSPS) is 19.1. The van der Waals surface area contributed by atoms with Gasteiger partial charge in [-0.1, -0.05) is 12.1 Å². The van der Waals surface area contributed by atoms with Gasteiger partial charge in [-0.15, -0.1) is 0 Å². The number of benzene rings is 1. The maximum Gasteiger partial charge on any atom is 0.132 e. The molecule has 0 saturated heterocycles. The van der Waals surface area contributed by atoms with Gasteiger partial charge in [0.2, 0.25) is 0 Å². The third kappa shape index (κ3) is 1.74. The second kappa shape index (κ2) is 3.96. The molecule has 3 nitrogen and oxygen atoms in total. The molecule has 0 radical (unpaired) electrons. The Kier molecular flexibility index (Phi) is 2.44. The molecule has 17 heavy (non-hydrogen) atoms. The van der Waals surface area contributed by atoms with E-state index >= 15 is 0 Å². The van der Waals surface area contributed by atoms with Crippen molar-refractivity contribution in [3.8, 4) is 11.3 Å². The van der Waals surface area contributed by atoms with Gasteiger partial charge in [0.25, 0.3) is 0 Å². The van der Waals surface area contributed by atoms with E-state index in [1.54, 1.807) is 18.5 Å². The Labute approximate surface area is 99.1 Å². The van der Waals surface area contributed by atoms with E-state index in [2.05, 4.69) is 4.98 Å². The van der Waals surface area contributed by atoms with Crippen molar-refractivity contribution in [3.63, 3.8) is 0 Å². The number of rotatable bonds is 1. The van der Waals surface area contributed by atoms with Crippen molar-refractivity contribution in [2.24, 2.45) is 5.73 Å². The van der Waals surface area contributed by atoms with Crippen LogP contribution in [0.15, 0.2) is 30.6 Å². The Bertz CT molecular complexity index is 547. The lowest BCUT2D eigenvalue weighted by atomic mass is 10.0. The van der Waals surface area contributed by atoms with Crippen molar-refractivity contribution in [2.45, 2.75) is 25.4 Å². The van der Waals surface area contributed by atoms with Crippen LogP contribution < -0.4 is 5.73 Å². The molecule has 1 atom stereocenters. The number of hydrogen-bond acceptors (Lipinski definition) is 2. The predicted octanol–water partition coefficient (Wildman–Crippen LogP) is 1.96. The molecule has 0 bridgehead atoms. The summed E-state index contributed by atoms with van der Waals surface area (Å²) in [7, 11) is 0. The average Bonchev–Trinajstić information content (AvgIpc) is 2.72. The highest BCUT2D eigenvalue weighted by Crippen LogP contribution is 2.28. The van der Waals surface area contributed by atoms with E-state index in [0.29, 0.717) is 5.56 Å². The Balaban J connectivity index is 2.09. The van der Waals surface area contributed by atoms with Gasteiger partial charge in [-0.25, -0.2) is 9.37 Å². The lowest BCUT2D eigenvalue weighted by Gasteiger charge is -2.21. The van der Waals surface area contributed by atoms with Gasteiger partial charge < -0.3 is 10.3 Å². The Morgan fingerprint density at radius 1 is 1.35 bits per heavy atom. The number of hydrogen-bond donors (Lipinski definition) is 1. The minimum Gasteiger partial charge on any atom is -0.332 e. The summed E-state index contributed by atoms with van der Waals surface area (Å²) < 4.78 is 15.8. The van der Waals surface area contributed by atoms with Crippen LogP contribution in [0.2, 0.25) is 0 Å². The van der Waals surface area contributed by atoms with Gasteiger partial charge in [0.15, 0.2) is 0 Å². The first-order valence-corrected chi connectivity index (χ1v) is 5.80. The van der Waals surface area contributed by atoms with Crippen molar-refractivity contribution < 1.29 is 4.39 Å². The van der Waals surface area contributed by atoms with Crippen LogP contribution in [0, 0.1) is 5.82 Å². The van der Waals surface area contributed by atoms with Crippen molar-refractivity contribution in [3.05, 3.63) is 42.1 Å². The van der Waals surface area contributed by atoms with Crippen molar-refractivity contribution in [1.29, 1.82) is 0 Å². The number of nitrogens with two attached hydrogens (primary N) is 1. The van der Waals surface area contributed by atoms with Crippen molar-refractivity contribution >= 4 is 0 Å². The maximum atomic E-state index is 13.7. The van der Waals surface area contributed by atoms with Gasteiger partial charge in [-0.05, 0) is 25.0 Å². The molecule has 4 heteroatoms. The van der Waals surface area contributed by atoms with E-state index in [0.717, 1.165) is 30.8 Å². The minimum absolute atomic E-state index is 0.185. The SMILES string of the molecule is NC1CCc2c(-c3ccccc3F)ncn2C1.